The van der Waals surface area contributed by atoms with E-state index in [-0.39, 0.29) is 5.91 Å². The van der Waals surface area contributed by atoms with Gasteiger partial charge in [-0.25, -0.2) is 4.39 Å². The second-order valence-electron chi connectivity index (χ2n) is 8.38. The average molecular weight is 422 g/mol. The molecule has 1 aliphatic rings. The molecular weight excluding hydrogens is 393 g/mol. The number of halogens is 1. The molecule has 1 N–H and O–H groups in total. The summed E-state index contributed by atoms with van der Waals surface area (Å²) >= 11 is 0. The van der Waals surface area contributed by atoms with Crippen molar-refractivity contribution in [2.75, 3.05) is 13.6 Å². The van der Waals surface area contributed by atoms with E-state index < -0.39 is 11.5 Å². The van der Waals surface area contributed by atoms with Crippen molar-refractivity contribution in [3.05, 3.63) is 60.0 Å². The zero-order chi connectivity index (χ0) is 22.0. The molecule has 0 atom stereocenters. The van der Waals surface area contributed by atoms with Gasteiger partial charge in [0.15, 0.2) is 0 Å². The highest BCUT2D eigenvalue weighted by molar-refractivity contribution is 5.95. The van der Waals surface area contributed by atoms with Crippen molar-refractivity contribution in [3.63, 3.8) is 0 Å². The third-order valence-electron chi connectivity index (χ3n) is 6.51. The molecule has 1 aliphatic carbocycles. The zero-order valence-corrected chi connectivity index (χ0v) is 18.0. The summed E-state index contributed by atoms with van der Waals surface area (Å²) in [6.45, 7) is 0.524. The lowest BCUT2D eigenvalue weighted by molar-refractivity contribution is -0.107. The molecule has 1 amide bonds. The summed E-state index contributed by atoms with van der Waals surface area (Å²) in [7, 11) is 3.74. The highest BCUT2D eigenvalue weighted by Crippen LogP contribution is 2.34. The van der Waals surface area contributed by atoms with Crippen LogP contribution in [0.1, 0.15) is 42.5 Å². The van der Waals surface area contributed by atoms with Gasteiger partial charge in [-0.1, -0.05) is 12.1 Å². The molecule has 1 aromatic heterocycles. The molecule has 1 heterocycles. The summed E-state index contributed by atoms with van der Waals surface area (Å²) in [4.78, 5) is 25.6. The van der Waals surface area contributed by atoms with Gasteiger partial charge in [0.2, 0.25) is 0 Å². The number of fused-ring (bicyclic) bond motifs is 1. The number of nitrogens with one attached hydrogen (secondary N) is 1. The summed E-state index contributed by atoms with van der Waals surface area (Å²) in [6.07, 6.45) is 6.93. The monoisotopic (exact) mass is 421 g/mol. The molecular formula is C25H28FN3O2. The van der Waals surface area contributed by atoms with Gasteiger partial charge in [-0.15, -0.1) is 0 Å². The number of nitrogens with zero attached hydrogens (tertiary/aromatic N) is 2. The molecule has 0 aliphatic heterocycles. The standard InChI is InChI=1S/C25H28FN3O2/c1-28-14-10-19-16-18(7-9-23(19)28)21-8-6-20(17-22(21)26)24(31)29(2)25(11-3-4-12-25)27-13-5-15-30/h6-10,14-17,27H,3-5,11-13H2,1-2H3. The van der Waals surface area contributed by atoms with Crippen molar-refractivity contribution >= 4 is 23.1 Å². The SMILES string of the molecule is CN(C(=O)c1ccc(-c2ccc3c(ccn3C)c2)c(F)c1)C1(NCCC=O)CCCC1. The van der Waals surface area contributed by atoms with Crippen molar-refractivity contribution in [2.24, 2.45) is 7.05 Å². The van der Waals surface area contributed by atoms with Crippen molar-refractivity contribution in [3.8, 4) is 11.1 Å². The molecule has 162 valence electrons. The number of aryl methyl sites for hydroxylation is 1. The Hall–Kier alpha value is -2.99. The first-order valence-electron chi connectivity index (χ1n) is 10.8. The Morgan fingerprint density at radius 1 is 1.19 bits per heavy atom. The van der Waals surface area contributed by atoms with E-state index in [1.165, 1.54) is 6.07 Å². The lowest BCUT2D eigenvalue weighted by Crippen LogP contribution is -2.57. The van der Waals surface area contributed by atoms with Crippen molar-refractivity contribution in [1.82, 2.24) is 14.8 Å². The molecule has 0 radical (unpaired) electrons. The molecule has 4 rings (SSSR count). The summed E-state index contributed by atoms with van der Waals surface area (Å²) in [5.41, 5.74) is 2.19. The van der Waals surface area contributed by atoms with Crippen LogP contribution in [0.4, 0.5) is 4.39 Å². The number of hydrogen-bond donors (Lipinski definition) is 1. The number of aromatic nitrogens is 1. The predicted molar refractivity (Wildman–Crippen MR) is 120 cm³/mol. The van der Waals surface area contributed by atoms with Gasteiger partial charge >= 0.3 is 0 Å². The van der Waals surface area contributed by atoms with Gasteiger partial charge in [0.1, 0.15) is 12.1 Å². The van der Waals surface area contributed by atoms with Crippen molar-refractivity contribution in [2.45, 2.75) is 37.8 Å². The van der Waals surface area contributed by atoms with E-state index in [2.05, 4.69) is 5.32 Å². The number of carbonyl (C=O) groups is 2. The molecule has 3 aromatic rings. The Labute approximate surface area is 181 Å². The molecule has 0 bridgehead atoms. The lowest BCUT2D eigenvalue weighted by atomic mass is 10.00. The Bertz CT molecular complexity index is 1120. The molecule has 2 aromatic carbocycles. The molecule has 0 saturated heterocycles. The highest BCUT2D eigenvalue weighted by Gasteiger charge is 2.39. The second-order valence-corrected chi connectivity index (χ2v) is 8.38. The van der Waals surface area contributed by atoms with E-state index >= 15 is 4.39 Å². The Kier molecular flexibility index (Phi) is 5.92. The van der Waals surface area contributed by atoms with E-state index in [1.807, 2.05) is 42.1 Å². The predicted octanol–water partition coefficient (Wildman–Crippen LogP) is 4.51. The first-order valence-corrected chi connectivity index (χ1v) is 10.8. The van der Waals surface area contributed by atoms with Crippen LogP contribution in [-0.2, 0) is 11.8 Å². The number of aldehydes is 1. The van der Waals surface area contributed by atoms with Gasteiger partial charge in [-0.3, -0.25) is 10.1 Å². The van der Waals surface area contributed by atoms with Gasteiger partial charge in [0, 0.05) is 55.3 Å². The third kappa shape index (κ3) is 4.00. The van der Waals surface area contributed by atoms with Gasteiger partial charge in [0.05, 0.1) is 5.66 Å². The number of carbonyl (C=O) groups excluding carboxylic acids is 2. The van der Waals surface area contributed by atoms with E-state index in [0.29, 0.717) is 24.1 Å². The first-order chi connectivity index (χ1) is 14.9. The van der Waals surface area contributed by atoms with Crippen LogP contribution in [0.5, 0.6) is 0 Å². The van der Waals surface area contributed by atoms with Crippen molar-refractivity contribution in [1.29, 1.82) is 0 Å². The van der Waals surface area contributed by atoms with Crippen LogP contribution in [0, 0.1) is 5.82 Å². The fourth-order valence-corrected chi connectivity index (χ4v) is 4.67. The Morgan fingerprint density at radius 2 is 1.97 bits per heavy atom. The van der Waals surface area contributed by atoms with Crippen LogP contribution in [0.2, 0.25) is 0 Å². The van der Waals surface area contributed by atoms with Crippen LogP contribution >= 0.6 is 0 Å². The molecule has 1 fully saturated rings. The van der Waals surface area contributed by atoms with Crippen LogP contribution in [-0.4, -0.2) is 40.9 Å². The number of benzene rings is 2. The van der Waals surface area contributed by atoms with Crippen LogP contribution in [0.25, 0.3) is 22.0 Å². The second kappa shape index (κ2) is 8.63. The van der Waals surface area contributed by atoms with Crippen molar-refractivity contribution < 1.29 is 14.0 Å². The molecule has 6 heteroatoms. The molecule has 1 saturated carbocycles. The van der Waals surface area contributed by atoms with Gasteiger partial charge in [0.25, 0.3) is 5.91 Å². The van der Waals surface area contributed by atoms with Crippen LogP contribution in [0.15, 0.2) is 48.7 Å². The first kappa shape index (κ1) is 21.2. The summed E-state index contributed by atoms with van der Waals surface area (Å²) in [5, 5.41) is 4.44. The highest BCUT2D eigenvalue weighted by atomic mass is 19.1. The molecule has 0 unspecified atom stereocenters. The van der Waals surface area contributed by atoms with E-state index in [1.54, 1.807) is 24.1 Å². The van der Waals surface area contributed by atoms with Crippen LogP contribution < -0.4 is 5.32 Å². The fraction of sp³-hybridized carbons (Fsp3) is 0.360. The Balaban J connectivity index is 1.58. The minimum absolute atomic E-state index is 0.218. The van der Waals surface area contributed by atoms with E-state index in [4.69, 9.17) is 0 Å². The number of amides is 1. The van der Waals surface area contributed by atoms with E-state index in [9.17, 15) is 9.59 Å². The maximum atomic E-state index is 15.1. The molecule has 0 spiro atoms. The smallest absolute Gasteiger partial charge is 0.255 e. The van der Waals surface area contributed by atoms with Gasteiger partial charge in [-0.05, 0) is 61.6 Å². The molecule has 5 nitrogen and oxygen atoms in total. The molecule has 31 heavy (non-hydrogen) atoms. The van der Waals surface area contributed by atoms with Gasteiger partial charge in [-0.2, -0.15) is 0 Å². The average Bonchev–Trinajstić information content (AvgIpc) is 3.40. The van der Waals surface area contributed by atoms with Crippen LogP contribution in [0.3, 0.4) is 0 Å². The van der Waals surface area contributed by atoms with E-state index in [0.717, 1.165) is 48.4 Å². The number of rotatable bonds is 7. The Morgan fingerprint density at radius 3 is 2.68 bits per heavy atom. The third-order valence-corrected chi connectivity index (χ3v) is 6.51. The minimum Gasteiger partial charge on any atom is -0.351 e. The summed E-state index contributed by atoms with van der Waals surface area (Å²) in [6, 6.07) is 12.6. The maximum absolute atomic E-state index is 15.1. The number of hydrogen-bond acceptors (Lipinski definition) is 3. The largest absolute Gasteiger partial charge is 0.351 e. The maximum Gasteiger partial charge on any atom is 0.255 e. The normalized spacial score (nSPS) is 15.3. The zero-order valence-electron chi connectivity index (χ0n) is 18.0. The minimum atomic E-state index is -0.479. The quantitative estimate of drug-likeness (QED) is 0.347. The fourth-order valence-electron chi connectivity index (χ4n) is 4.67. The summed E-state index contributed by atoms with van der Waals surface area (Å²) < 4.78 is 17.1. The van der Waals surface area contributed by atoms with Gasteiger partial charge < -0.3 is 14.3 Å². The lowest BCUT2D eigenvalue weighted by Gasteiger charge is -2.40. The summed E-state index contributed by atoms with van der Waals surface area (Å²) in [5.74, 6) is -0.631. The topological polar surface area (TPSA) is 54.3 Å².